The molecule has 2 atom stereocenters. The number of benzene rings is 1. The van der Waals surface area contributed by atoms with Gasteiger partial charge in [-0.1, -0.05) is 18.0 Å². The molecule has 2 saturated carbocycles. The van der Waals surface area contributed by atoms with Crippen LogP contribution >= 0.6 is 22.9 Å². The highest BCUT2D eigenvalue weighted by atomic mass is 35.5. The monoisotopic (exact) mass is 580 g/mol. The number of amides is 3. The van der Waals surface area contributed by atoms with Crippen molar-refractivity contribution in [1.29, 1.82) is 0 Å². The van der Waals surface area contributed by atoms with Crippen LogP contribution in [0.4, 0.5) is 20.2 Å². The second-order valence-corrected chi connectivity index (χ2v) is 12.0. The summed E-state index contributed by atoms with van der Waals surface area (Å²) in [4.78, 5) is 40.2. The van der Waals surface area contributed by atoms with Gasteiger partial charge in [0.1, 0.15) is 12.6 Å². The molecule has 1 aromatic heterocycles. The van der Waals surface area contributed by atoms with Crippen molar-refractivity contribution in [2.75, 3.05) is 36.5 Å². The third kappa shape index (κ3) is 6.77. The predicted molar refractivity (Wildman–Crippen MR) is 146 cm³/mol. The van der Waals surface area contributed by atoms with E-state index in [9.17, 15) is 23.2 Å². The largest absolute Gasteiger partial charge is 0.370 e. The van der Waals surface area contributed by atoms with E-state index in [1.54, 1.807) is 12.1 Å². The molecule has 1 saturated heterocycles. The first kappa shape index (κ1) is 27.9. The van der Waals surface area contributed by atoms with Gasteiger partial charge in [-0.05, 0) is 67.9 Å². The molecule has 12 heteroatoms. The molecule has 39 heavy (non-hydrogen) atoms. The number of nitrogens with zero attached hydrogens (tertiary/aromatic N) is 1. The molecule has 2 heterocycles. The standard InChI is InChI=1S/C27H31ClF2N4O4S/c28-22-9-8-21(39-22)27(37)31-13-20(32-24(16-4-5-16)15-2-1-3-15)26(36)33-19-7-6-17(12-18(19)25(29)30)34-10-11-38-14-23(34)35/h6-9,12,15-16,20,24-25,32H,1-5,10-11,13-14H2,(H,31,37)(H,33,36)/t20-,24?/m1/s1. The summed E-state index contributed by atoms with van der Waals surface area (Å²) in [6, 6.07) is 6.70. The number of anilines is 2. The fraction of sp³-hybridized carbons (Fsp3) is 0.519. The van der Waals surface area contributed by atoms with E-state index in [1.807, 2.05) is 0 Å². The number of nitrogens with one attached hydrogen (secondary N) is 3. The van der Waals surface area contributed by atoms with Crippen LogP contribution in [0.3, 0.4) is 0 Å². The van der Waals surface area contributed by atoms with E-state index in [-0.39, 0.29) is 48.8 Å². The van der Waals surface area contributed by atoms with Crippen molar-refractivity contribution < 1.29 is 27.9 Å². The molecule has 3 N–H and O–H groups in total. The Bertz CT molecular complexity index is 1220. The first-order valence-corrected chi connectivity index (χ1v) is 14.4. The molecule has 0 bridgehead atoms. The van der Waals surface area contributed by atoms with Crippen molar-refractivity contribution in [3.8, 4) is 0 Å². The molecule has 3 amide bonds. The molecule has 3 aliphatic rings. The maximum atomic E-state index is 14.1. The minimum Gasteiger partial charge on any atom is -0.370 e. The van der Waals surface area contributed by atoms with Crippen LogP contribution in [0.2, 0.25) is 4.34 Å². The van der Waals surface area contributed by atoms with Gasteiger partial charge in [-0.2, -0.15) is 0 Å². The molecule has 1 unspecified atom stereocenters. The van der Waals surface area contributed by atoms with Gasteiger partial charge >= 0.3 is 0 Å². The van der Waals surface area contributed by atoms with E-state index >= 15 is 0 Å². The van der Waals surface area contributed by atoms with Gasteiger partial charge < -0.3 is 25.6 Å². The fourth-order valence-corrected chi connectivity index (χ4v) is 6.07. The lowest BCUT2D eigenvalue weighted by Gasteiger charge is -2.37. The Labute approximate surface area is 234 Å². The van der Waals surface area contributed by atoms with Crippen LogP contribution in [0.1, 0.15) is 53.8 Å². The topological polar surface area (TPSA) is 99.8 Å². The number of hydrogen-bond donors (Lipinski definition) is 3. The lowest BCUT2D eigenvalue weighted by Crippen LogP contribution is -2.55. The summed E-state index contributed by atoms with van der Waals surface area (Å²) in [5, 5.41) is 8.92. The number of thiophene rings is 1. The summed E-state index contributed by atoms with van der Waals surface area (Å²) >= 11 is 7.09. The SMILES string of the molecule is O=C(NC[C@@H](NC(C1CCC1)C1CC1)C(=O)Nc1ccc(N2CCOCC2=O)cc1C(F)F)c1ccc(Cl)s1. The molecule has 2 aliphatic carbocycles. The van der Waals surface area contributed by atoms with E-state index in [2.05, 4.69) is 16.0 Å². The average molecular weight is 581 g/mol. The Kier molecular flexibility index (Phi) is 8.80. The summed E-state index contributed by atoms with van der Waals surface area (Å²) in [6.07, 6.45) is 2.61. The van der Waals surface area contributed by atoms with Gasteiger partial charge in [0.15, 0.2) is 0 Å². The highest BCUT2D eigenvalue weighted by Crippen LogP contribution is 2.42. The minimum atomic E-state index is -2.87. The maximum absolute atomic E-state index is 14.1. The Balaban J connectivity index is 1.33. The molecule has 8 nitrogen and oxygen atoms in total. The van der Waals surface area contributed by atoms with E-state index in [0.29, 0.717) is 33.3 Å². The first-order valence-electron chi connectivity index (χ1n) is 13.2. The molecular formula is C27H31ClF2N4O4S. The molecule has 1 aromatic carbocycles. The van der Waals surface area contributed by atoms with E-state index in [4.69, 9.17) is 16.3 Å². The number of halogens is 3. The summed E-state index contributed by atoms with van der Waals surface area (Å²) in [5.41, 5.74) is -0.0879. The van der Waals surface area contributed by atoms with Crippen LogP contribution in [0.5, 0.6) is 0 Å². The smallest absolute Gasteiger partial charge is 0.265 e. The van der Waals surface area contributed by atoms with Crippen molar-refractivity contribution in [3.05, 3.63) is 45.1 Å². The summed E-state index contributed by atoms with van der Waals surface area (Å²) in [5.74, 6) is -0.249. The summed E-state index contributed by atoms with van der Waals surface area (Å²) in [6.45, 7) is 0.453. The lowest BCUT2D eigenvalue weighted by molar-refractivity contribution is -0.125. The van der Waals surface area contributed by atoms with E-state index in [1.165, 1.54) is 23.1 Å². The number of ether oxygens (including phenoxy) is 1. The Morgan fingerprint density at radius 1 is 1.13 bits per heavy atom. The van der Waals surface area contributed by atoms with Gasteiger partial charge in [0.05, 0.1) is 15.8 Å². The number of rotatable bonds is 11. The zero-order valence-corrected chi connectivity index (χ0v) is 22.8. The second kappa shape index (κ2) is 12.3. The molecule has 210 valence electrons. The second-order valence-electron chi connectivity index (χ2n) is 10.2. The number of alkyl halides is 2. The average Bonchev–Trinajstić information content (AvgIpc) is 3.64. The van der Waals surface area contributed by atoms with Gasteiger partial charge in [-0.15, -0.1) is 11.3 Å². The molecule has 2 aromatic rings. The predicted octanol–water partition coefficient (Wildman–Crippen LogP) is 4.61. The maximum Gasteiger partial charge on any atom is 0.265 e. The van der Waals surface area contributed by atoms with Crippen molar-refractivity contribution in [1.82, 2.24) is 10.6 Å². The quantitative estimate of drug-likeness (QED) is 0.361. The van der Waals surface area contributed by atoms with E-state index in [0.717, 1.165) is 43.4 Å². The van der Waals surface area contributed by atoms with Gasteiger partial charge in [0, 0.05) is 36.1 Å². The molecule has 0 spiro atoms. The molecule has 5 rings (SSSR count). The summed E-state index contributed by atoms with van der Waals surface area (Å²) < 4.78 is 33.8. The Hall–Kier alpha value is -2.60. The normalized spacial score (nSPS) is 19.5. The summed E-state index contributed by atoms with van der Waals surface area (Å²) in [7, 11) is 0. The molecular weight excluding hydrogens is 550 g/mol. The van der Waals surface area contributed by atoms with Gasteiger partial charge in [0.2, 0.25) is 5.91 Å². The number of carbonyl (C=O) groups excluding carboxylic acids is 3. The Morgan fingerprint density at radius 2 is 1.90 bits per heavy atom. The zero-order chi connectivity index (χ0) is 27.5. The number of morpholine rings is 1. The van der Waals surface area contributed by atoms with Crippen molar-refractivity contribution in [2.45, 2.75) is 50.6 Å². The third-order valence-electron chi connectivity index (χ3n) is 7.59. The van der Waals surface area contributed by atoms with Crippen molar-refractivity contribution in [2.24, 2.45) is 11.8 Å². The number of carbonyl (C=O) groups is 3. The zero-order valence-electron chi connectivity index (χ0n) is 21.3. The van der Waals surface area contributed by atoms with Crippen LogP contribution in [0.25, 0.3) is 0 Å². The van der Waals surface area contributed by atoms with Crippen LogP contribution in [-0.2, 0) is 14.3 Å². The number of hydrogen-bond acceptors (Lipinski definition) is 6. The van der Waals surface area contributed by atoms with E-state index < -0.39 is 18.4 Å². The van der Waals surface area contributed by atoms with Crippen molar-refractivity contribution in [3.63, 3.8) is 0 Å². The third-order valence-corrected chi connectivity index (χ3v) is 8.82. The highest BCUT2D eigenvalue weighted by Gasteiger charge is 2.41. The Morgan fingerprint density at radius 3 is 2.51 bits per heavy atom. The van der Waals surface area contributed by atoms with Crippen LogP contribution in [-0.4, -0.2) is 56.1 Å². The highest BCUT2D eigenvalue weighted by molar-refractivity contribution is 7.18. The van der Waals surface area contributed by atoms with Gasteiger partial charge in [0.25, 0.3) is 18.2 Å². The minimum absolute atomic E-state index is 0.0134. The van der Waals surface area contributed by atoms with Crippen LogP contribution in [0.15, 0.2) is 30.3 Å². The molecule has 1 aliphatic heterocycles. The molecule has 0 radical (unpaired) electrons. The van der Waals surface area contributed by atoms with Gasteiger partial charge in [-0.3, -0.25) is 14.4 Å². The van der Waals surface area contributed by atoms with Crippen molar-refractivity contribution >= 4 is 52.0 Å². The van der Waals surface area contributed by atoms with Crippen LogP contribution in [0, 0.1) is 11.8 Å². The molecule has 3 fully saturated rings. The van der Waals surface area contributed by atoms with Crippen LogP contribution < -0.4 is 20.9 Å². The fourth-order valence-electron chi connectivity index (χ4n) is 5.11. The van der Waals surface area contributed by atoms with Gasteiger partial charge in [-0.25, -0.2) is 8.78 Å². The first-order chi connectivity index (χ1) is 18.8. The lowest BCUT2D eigenvalue weighted by atomic mass is 9.77.